The van der Waals surface area contributed by atoms with Crippen molar-refractivity contribution >= 4 is 28.7 Å². The second-order valence-corrected chi connectivity index (χ2v) is 9.46. The lowest BCUT2D eigenvalue weighted by molar-refractivity contribution is 0.0340. The number of aromatic amines is 1. The number of aliphatic hydroxyl groups excluding tert-OH is 1. The van der Waals surface area contributed by atoms with Gasteiger partial charge in [-0.25, -0.2) is 14.0 Å². The highest BCUT2D eigenvalue weighted by Gasteiger charge is 2.55. The molecule has 2 aliphatic heterocycles. The van der Waals surface area contributed by atoms with Crippen molar-refractivity contribution in [2.24, 2.45) is 0 Å². The first-order valence-corrected chi connectivity index (χ1v) is 12.1. The number of rotatable bonds is 5. The normalized spacial score (nSPS) is 18.1. The van der Waals surface area contributed by atoms with Crippen LogP contribution in [0.1, 0.15) is 30.6 Å². The number of H-pyrrole nitrogens is 1. The molecule has 5 rings (SSSR count). The Morgan fingerprint density at radius 3 is 2.58 bits per heavy atom. The van der Waals surface area contributed by atoms with Gasteiger partial charge in [-0.05, 0) is 48.4 Å². The third-order valence-electron chi connectivity index (χ3n) is 7.08. The number of nitrogens with zero attached hydrogens (tertiary/aromatic N) is 2. The highest BCUT2D eigenvalue weighted by Crippen LogP contribution is 2.48. The Labute approximate surface area is 208 Å². The second kappa shape index (κ2) is 9.34. The van der Waals surface area contributed by atoms with Gasteiger partial charge in [0.15, 0.2) is 0 Å². The third kappa shape index (κ3) is 4.01. The zero-order valence-electron chi connectivity index (χ0n) is 20.3. The van der Waals surface area contributed by atoms with Gasteiger partial charge in [0.25, 0.3) is 0 Å². The van der Waals surface area contributed by atoms with Gasteiger partial charge in [-0.15, -0.1) is 0 Å². The molecule has 0 bridgehead atoms. The molecule has 0 radical (unpaired) electrons. The van der Waals surface area contributed by atoms with E-state index in [9.17, 15) is 19.1 Å². The summed E-state index contributed by atoms with van der Waals surface area (Å²) in [7, 11) is 1.60. The summed E-state index contributed by atoms with van der Waals surface area (Å²) in [5.41, 5.74) is 2.55. The highest BCUT2D eigenvalue weighted by atomic mass is 19.1. The number of anilines is 1. The summed E-state index contributed by atoms with van der Waals surface area (Å²) < 4.78 is 18.7. The molecule has 10 heteroatoms. The molecule has 1 atom stereocenters. The largest absolute Gasteiger partial charge is 0.497 e. The molecule has 2 aliphatic rings. The molecule has 1 saturated heterocycles. The standard InChI is InChI=1S/C26H30FN5O4/c1-3-10-28-24(34)31-13-26(14-31)15-32(25(35)29-17-6-4-16(27)5-7-17)21(12-33)23-22(26)19-9-8-18(36-2)11-20(19)30-23/h4-9,11,21,30,33H,3,10,12-15H2,1-2H3,(H,28,34)(H,29,35)/t21-/m1/s1. The van der Waals surface area contributed by atoms with E-state index in [1.165, 1.54) is 24.3 Å². The van der Waals surface area contributed by atoms with E-state index in [2.05, 4.69) is 15.6 Å². The quantitative estimate of drug-likeness (QED) is 0.434. The Balaban J connectivity index is 1.52. The number of ether oxygens (including phenoxy) is 1. The second-order valence-electron chi connectivity index (χ2n) is 9.46. The first-order valence-electron chi connectivity index (χ1n) is 12.1. The van der Waals surface area contributed by atoms with Crippen molar-refractivity contribution in [3.8, 4) is 5.75 Å². The summed E-state index contributed by atoms with van der Waals surface area (Å²) in [6, 6.07) is 10.1. The minimum absolute atomic E-state index is 0.128. The van der Waals surface area contributed by atoms with Crippen LogP contribution in [0, 0.1) is 5.82 Å². The number of methoxy groups -OCH3 is 1. The van der Waals surface area contributed by atoms with Gasteiger partial charge in [0, 0.05) is 54.5 Å². The summed E-state index contributed by atoms with van der Waals surface area (Å²) in [6.07, 6.45) is 0.842. The fraction of sp³-hybridized carbons (Fsp3) is 0.385. The van der Waals surface area contributed by atoms with Crippen LogP contribution in [-0.4, -0.2) is 71.8 Å². The van der Waals surface area contributed by atoms with Gasteiger partial charge in [-0.2, -0.15) is 0 Å². The topological polar surface area (TPSA) is 110 Å². The number of nitrogens with one attached hydrogen (secondary N) is 3. The van der Waals surface area contributed by atoms with Crippen LogP contribution in [-0.2, 0) is 5.41 Å². The van der Waals surface area contributed by atoms with Gasteiger partial charge in [0.05, 0.1) is 25.2 Å². The Bertz CT molecular complexity index is 1290. The average Bonchev–Trinajstić information content (AvgIpc) is 3.25. The number of aromatic nitrogens is 1. The summed E-state index contributed by atoms with van der Waals surface area (Å²) in [4.78, 5) is 32.8. The first-order chi connectivity index (χ1) is 17.4. The molecular formula is C26H30FN5O4. The fourth-order valence-electron chi connectivity index (χ4n) is 5.38. The fourth-order valence-corrected chi connectivity index (χ4v) is 5.38. The molecule has 36 heavy (non-hydrogen) atoms. The summed E-state index contributed by atoms with van der Waals surface area (Å²) in [5.74, 6) is 0.294. The highest BCUT2D eigenvalue weighted by molar-refractivity contribution is 5.93. The van der Waals surface area contributed by atoms with E-state index in [1.807, 2.05) is 25.1 Å². The number of amides is 4. The number of fused-ring (bicyclic) bond motifs is 4. The maximum absolute atomic E-state index is 13.4. The predicted molar refractivity (Wildman–Crippen MR) is 134 cm³/mol. The number of likely N-dealkylation sites (tertiary alicyclic amines) is 1. The maximum atomic E-state index is 13.4. The van der Waals surface area contributed by atoms with E-state index in [-0.39, 0.29) is 12.6 Å². The van der Waals surface area contributed by atoms with Gasteiger partial charge in [-0.3, -0.25) is 0 Å². The smallest absolute Gasteiger partial charge is 0.322 e. The van der Waals surface area contributed by atoms with E-state index in [0.29, 0.717) is 37.6 Å². The summed E-state index contributed by atoms with van der Waals surface area (Å²) in [5, 5.41) is 17.1. The zero-order chi connectivity index (χ0) is 25.4. The Morgan fingerprint density at radius 1 is 1.17 bits per heavy atom. The van der Waals surface area contributed by atoms with Crippen molar-refractivity contribution in [1.29, 1.82) is 0 Å². The Hall–Kier alpha value is -3.79. The molecule has 2 aromatic carbocycles. The molecule has 4 amide bonds. The van der Waals surface area contributed by atoms with Crippen LogP contribution in [0.4, 0.5) is 19.7 Å². The number of carbonyl (C=O) groups excluding carboxylic acids is 2. The maximum Gasteiger partial charge on any atom is 0.322 e. The SMILES string of the molecule is CCCNC(=O)N1CC2(C1)CN(C(=O)Nc1ccc(F)cc1)[C@H](CO)c1[nH]c3cc(OC)ccc3c12. The lowest BCUT2D eigenvalue weighted by Gasteiger charge is -2.55. The van der Waals surface area contributed by atoms with Crippen LogP contribution in [0.2, 0.25) is 0 Å². The van der Waals surface area contributed by atoms with E-state index >= 15 is 0 Å². The van der Waals surface area contributed by atoms with Crippen LogP contribution in [0.3, 0.4) is 0 Å². The van der Waals surface area contributed by atoms with Gasteiger partial charge in [0.2, 0.25) is 0 Å². The van der Waals surface area contributed by atoms with Gasteiger partial charge < -0.3 is 35.3 Å². The molecule has 0 unspecified atom stereocenters. The predicted octanol–water partition coefficient (Wildman–Crippen LogP) is 3.57. The van der Waals surface area contributed by atoms with Crippen LogP contribution in [0.5, 0.6) is 5.75 Å². The number of hydrogen-bond acceptors (Lipinski definition) is 4. The van der Waals surface area contributed by atoms with Gasteiger partial charge in [-0.1, -0.05) is 6.92 Å². The van der Waals surface area contributed by atoms with E-state index < -0.39 is 23.3 Å². The molecule has 3 heterocycles. The molecule has 1 fully saturated rings. The number of carbonyl (C=O) groups is 2. The number of urea groups is 2. The first kappa shape index (κ1) is 23.9. The minimum atomic E-state index is -0.618. The molecule has 3 aromatic rings. The molecule has 190 valence electrons. The van der Waals surface area contributed by atoms with Crippen LogP contribution < -0.4 is 15.4 Å². The van der Waals surface area contributed by atoms with E-state index in [0.717, 1.165) is 28.6 Å². The van der Waals surface area contributed by atoms with Crippen LogP contribution in [0.25, 0.3) is 10.9 Å². The third-order valence-corrected chi connectivity index (χ3v) is 7.08. The van der Waals surface area contributed by atoms with Crippen LogP contribution in [0.15, 0.2) is 42.5 Å². The zero-order valence-corrected chi connectivity index (χ0v) is 20.3. The van der Waals surface area contributed by atoms with E-state index in [1.54, 1.807) is 16.9 Å². The van der Waals surface area contributed by atoms with Crippen molar-refractivity contribution in [2.45, 2.75) is 24.8 Å². The summed E-state index contributed by atoms with van der Waals surface area (Å²) >= 11 is 0. The van der Waals surface area contributed by atoms with Crippen molar-refractivity contribution in [3.05, 3.63) is 59.5 Å². The molecule has 0 aliphatic carbocycles. The van der Waals surface area contributed by atoms with Crippen LogP contribution >= 0.6 is 0 Å². The number of benzene rings is 2. The van der Waals surface area contributed by atoms with Crippen molar-refractivity contribution in [3.63, 3.8) is 0 Å². The van der Waals surface area contributed by atoms with Gasteiger partial charge in [0.1, 0.15) is 11.6 Å². The average molecular weight is 496 g/mol. The van der Waals surface area contributed by atoms with E-state index in [4.69, 9.17) is 4.74 Å². The number of hydrogen-bond donors (Lipinski definition) is 4. The molecule has 0 saturated carbocycles. The molecule has 1 aromatic heterocycles. The number of halogens is 1. The Kier molecular flexibility index (Phi) is 6.21. The molecule has 9 nitrogen and oxygen atoms in total. The molecular weight excluding hydrogens is 465 g/mol. The minimum Gasteiger partial charge on any atom is -0.497 e. The lowest BCUT2D eigenvalue weighted by atomic mass is 9.69. The Morgan fingerprint density at radius 2 is 1.92 bits per heavy atom. The monoisotopic (exact) mass is 495 g/mol. The van der Waals surface area contributed by atoms with Crippen molar-refractivity contribution in [1.82, 2.24) is 20.1 Å². The molecule has 4 N–H and O–H groups in total. The summed E-state index contributed by atoms with van der Waals surface area (Å²) in [6.45, 7) is 3.50. The molecule has 1 spiro atoms. The van der Waals surface area contributed by atoms with Crippen molar-refractivity contribution < 1.29 is 23.8 Å². The van der Waals surface area contributed by atoms with Gasteiger partial charge >= 0.3 is 12.1 Å². The number of aliphatic hydroxyl groups is 1. The van der Waals surface area contributed by atoms with Crippen molar-refractivity contribution in [2.75, 3.05) is 45.2 Å². The lowest BCUT2D eigenvalue weighted by Crippen LogP contribution is -2.69.